The van der Waals surface area contributed by atoms with Crippen molar-refractivity contribution in [3.63, 3.8) is 0 Å². The second-order valence-corrected chi connectivity index (χ2v) is 12.6. The molecule has 0 bridgehead atoms. The Morgan fingerprint density at radius 2 is 1.22 bits per heavy atom. The largest absolute Gasteiger partial charge is 0.454 e. The van der Waals surface area contributed by atoms with Gasteiger partial charge in [-0.3, -0.25) is 0 Å². The highest BCUT2D eigenvalue weighted by atomic mass is 16.3. The quantitative estimate of drug-likeness (QED) is 0.196. The molecule has 0 fully saturated rings. The Balaban J connectivity index is 1.23. The molecule has 9 aromatic rings. The van der Waals surface area contributed by atoms with Gasteiger partial charge in [-0.05, 0) is 42.0 Å². The smallest absolute Gasteiger partial charge is 0.160 e. The van der Waals surface area contributed by atoms with Crippen LogP contribution in [0.3, 0.4) is 0 Å². The van der Waals surface area contributed by atoms with Gasteiger partial charge in [0.1, 0.15) is 11.7 Å². The van der Waals surface area contributed by atoms with E-state index in [1.54, 1.807) is 0 Å². The molecule has 0 spiro atoms. The number of para-hydroxylation sites is 5. The van der Waals surface area contributed by atoms with E-state index in [2.05, 4.69) is 124 Å². The van der Waals surface area contributed by atoms with Crippen LogP contribution in [0.4, 0.5) is 0 Å². The molecule has 228 valence electrons. The maximum Gasteiger partial charge on any atom is 0.160 e. The van der Waals surface area contributed by atoms with E-state index in [9.17, 15) is 10.5 Å². The molecule has 6 aromatic carbocycles. The van der Waals surface area contributed by atoms with Gasteiger partial charge in [0.25, 0.3) is 0 Å². The number of hydrogen-bond acceptors (Lipinski definition) is 3. The van der Waals surface area contributed by atoms with Crippen LogP contribution in [0.2, 0.25) is 0 Å². The summed E-state index contributed by atoms with van der Waals surface area (Å²) in [5.41, 5.74) is 8.79. The first kappa shape index (κ1) is 27.3. The van der Waals surface area contributed by atoms with Gasteiger partial charge >= 0.3 is 0 Å². The van der Waals surface area contributed by atoms with Gasteiger partial charge in [0, 0.05) is 48.9 Å². The number of rotatable bonds is 3. The number of fused-ring (bicyclic) bond motifs is 10. The second-order valence-electron chi connectivity index (χ2n) is 12.6. The lowest BCUT2D eigenvalue weighted by molar-refractivity contribution is 0.562. The molecule has 10 rings (SSSR count). The van der Waals surface area contributed by atoms with Gasteiger partial charge in [-0.1, -0.05) is 109 Å². The first-order valence-electron chi connectivity index (χ1n) is 16.4. The average molecular weight is 627 g/mol. The van der Waals surface area contributed by atoms with Crippen LogP contribution < -0.4 is 0 Å². The van der Waals surface area contributed by atoms with E-state index in [0.717, 1.165) is 71.6 Å². The molecule has 5 heteroatoms. The monoisotopic (exact) mass is 626 g/mol. The third-order valence-electron chi connectivity index (χ3n) is 10.1. The first-order chi connectivity index (χ1) is 24.2. The maximum absolute atomic E-state index is 10.7. The van der Waals surface area contributed by atoms with E-state index in [-0.39, 0.29) is 6.04 Å². The van der Waals surface area contributed by atoms with Crippen molar-refractivity contribution < 1.29 is 4.42 Å². The third kappa shape index (κ3) is 3.79. The number of allylic oxidation sites excluding steroid dienone is 4. The van der Waals surface area contributed by atoms with Crippen LogP contribution in [0.5, 0.6) is 0 Å². The third-order valence-corrected chi connectivity index (χ3v) is 10.1. The minimum atomic E-state index is -0.446. The molecule has 0 saturated heterocycles. The summed E-state index contributed by atoms with van der Waals surface area (Å²) in [7, 11) is 0. The molecule has 49 heavy (non-hydrogen) atoms. The molecule has 1 aliphatic rings. The summed E-state index contributed by atoms with van der Waals surface area (Å²) in [5.74, 6) is -0.446. The number of nitriles is 2. The summed E-state index contributed by atoms with van der Waals surface area (Å²) in [5, 5.41) is 27.8. The van der Waals surface area contributed by atoms with Gasteiger partial charge in [0.2, 0.25) is 0 Å². The molecule has 2 atom stereocenters. The minimum absolute atomic E-state index is 0.204. The fraction of sp³-hybridized carbons (Fsp3) is 0.0455. The molecule has 0 amide bonds. The molecule has 0 aliphatic heterocycles. The predicted molar refractivity (Wildman–Crippen MR) is 197 cm³/mol. The summed E-state index contributed by atoms with van der Waals surface area (Å²) in [6, 6.07) is 48.2. The molecule has 0 N–H and O–H groups in total. The van der Waals surface area contributed by atoms with Crippen molar-refractivity contribution in [2.45, 2.75) is 6.04 Å². The van der Waals surface area contributed by atoms with Crippen molar-refractivity contribution in [2.24, 2.45) is 5.92 Å². The molecule has 2 unspecified atom stereocenters. The molecule has 5 nitrogen and oxygen atoms in total. The fourth-order valence-corrected chi connectivity index (χ4v) is 8.05. The summed E-state index contributed by atoms with van der Waals surface area (Å²) < 4.78 is 11.1. The number of nitrogens with zero attached hydrogens (tertiary/aromatic N) is 4. The molecular weight excluding hydrogens is 601 g/mol. The van der Waals surface area contributed by atoms with Crippen LogP contribution in [-0.2, 0) is 0 Å². The highest BCUT2D eigenvalue weighted by Gasteiger charge is 2.28. The lowest BCUT2D eigenvalue weighted by Crippen LogP contribution is -2.18. The fourth-order valence-electron chi connectivity index (χ4n) is 8.05. The minimum Gasteiger partial charge on any atom is -0.454 e. The average Bonchev–Trinajstić information content (AvgIpc) is 3.82. The van der Waals surface area contributed by atoms with Crippen molar-refractivity contribution in [1.29, 1.82) is 10.5 Å². The molecule has 1 aliphatic carbocycles. The van der Waals surface area contributed by atoms with Crippen LogP contribution in [0.25, 0.3) is 76.8 Å². The summed E-state index contributed by atoms with van der Waals surface area (Å²) >= 11 is 0. The molecule has 0 saturated carbocycles. The molecular formula is C44H26N4O. The van der Waals surface area contributed by atoms with Crippen molar-refractivity contribution in [1.82, 2.24) is 9.13 Å². The molecule has 3 aromatic heterocycles. The molecule has 0 radical (unpaired) electrons. The Morgan fingerprint density at radius 1 is 0.592 bits per heavy atom. The van der Waals surface area contributed by atoms with E-state index in [4.69, 9.17) is 4.42 Å². The topological polar surface area (TPSA) is 70.6 Å². The Hall–Kier alpha value is -6.82. The van der Waals surface area contributed by atoms with E-state index in [1.807, 2.05) is 42.5 Å². The zero-order chi connectivity index (χ0) is 32.6. The van der Waals surface area contributed by atoms with Crippen molar-refractivity contribution >= 4 is 71.1 Å². The second kappa shape index (κ2) is 10.3. The number of furan rings is 1. The van der Waals surface area contributed by atoms with Crippen LogP contribution in [0.15, 0.2) is 150 Å². The number of aromatic nitrogens is 2. The van der Waals surface area contributed by atoms with Gasteiger partial charge < -0.3 is 13.6 Å². The summed E-state index contributed by atoms with van der Waals surface area (Å²) in [6.45, 7) is 0. The van der Waals surface area contributed by atoms with Crippen molar-refractivity contribution in [3.05, 3.63) is 157 Å². The van der Waals surface area contributed by atoms with Crippen LogP contribution in [-0.4, -0.2) is 9.13 Å². The lowest BCUT2D eigenvalue weighted by atomic mass is 9.87. The lowest BCUT2D eigenvalue weighted by Gasteiger charge is -2.26. The first-order valence-corrected chi connectivity index (χ1v) is 16.4. The van der Waals surface area contributed by atoms with E-state index in [0.29, 0.717) is 5.56 Å². The van der Waals surface area contributed by atoms with Gasteiger partial charge in [-0.2, -0.15) is 10.5 Å². The Bertz CT molecular complexity index is 2940. The van der Waals surface area contributed by atoms with Crippen LogP contribution in [0, 0.1) is 28.6 Å². The van der Waals surface area contributed by atoms with E-state index < -0.39 is 5.92 Å². The highest BCUT2D eigenvalue weighted by Crippen LogP contribution is 2.44. The maximum atomic E-state index is 10.7. The highest BCUT2D eigenvalue weighted by molar-refractivity contribution is 6.21. The Morgan fingerprint density at radius 3 is 1.94 bits per heavy atom. The Labute approximate surface area is 281 Å². The van der Waals surface area contributed by atoms with Crippen molar-refractivity contribution in [2.75, 3.05) is 0 Å². The predicted octanol–water partition coefficient (Wildman–Crippen LogP) is 11.0. The standard InChI is InChI=1S/C44H26N4O/c45-25-28-10-9-15-30(27-20-23-37(29(24-27)26-46)47-38-16-5-1-11-31(38)32-12-2-6-17-39(32)47)42(28)48-40-18-7-3-13-33(40)35-21-22-36-34-14-4-8-19-41(34)49-44(36)43(35)48/h1-24,29,37H. The van der Waals surface area contributed by atoms with Gasteiger partial charge in [0.15, 0.2) is 5.58 Å². The summed E-state index contributed by atoms with van der Waals surface area (Å²) in [6.07, 6.45) is 6.33. The van der Waals surface area contributed by atoms with Crippen LogP contribution in [0.1, 0.15) is 17.2 Å². The van der Waals surface area contributed by atoms with E-state index >= 15 is 0 Å². The van der Waals surface area contributed by atoms with Gasteiger partial charge in [0.05, 0.1) is 40.3 Å². The van der Waals surface area contributed by atoms with E-state index in [1.165, 1.54) is 10.8 Å². The van der Waals surface area contributed by atoms with Crippen LogP contribution >= 0.6 is 0 Å². The number of benzene rings is 6. The number of hydrogen-bond donors (Lipinski definition) is 0. The van der Waals surface area contributed by atoms with Gasteiger partial charge in [-0.15, -0.1) is 0 Å². The SMILES string of the molecule is N#Cc1cccc(C2=CC(C#N)C(n3c4ccccc4c4ccccc43)C=C2)c1-n1c2ccccc2c2ccc3c4ccccc4oc3c21. The van der Waals surface area contributed by atoms with Gasteiger partial charge in [-0.25, -0.2) is 0 Å². The zero-order valence-electron chi connectivity index (χ0n) is 26.2. The van der Waals surface area contributed by atoms with Crippen molar-refractivity contribution in [3.8, 4) is 17.8 Å². The zero-order valence-corrected chi connectivity index (χ0v) is 26.2. The normalized spacial score (nSPS) is 16.2. The Kier molecular flexibility index (Phi) is 5.76. The molecule has 3 heterocycles. The summed E-state index contributed by atoms with van der Waals surface area (Å²) in [4.78, 5) is 0.